The summed E-state index contributed by atoms with van der Waals surface area (Å²) in [5.41, 5.74) is 0. The van der Waals surface area contributed by atoms with Crippen LogP contribution in [0.4, 0.5) is 0 Å². The van der Waals surface area contributed by atoms with Gasteiger partial charge >= 0.3 is 0 Å². The van der Waals surface area contributed by atoms with Crippen LogP contribution in [0.1, 0.15) is 24.6 Å². The average Bonchev–Trinajstić information content (AvgIpc) is 2.63. The van der Waals surface area contributed by atoms with E-state index >= 15 is 0 Å². The van der Waals surface area contributed by atoms with Crippen molar-refractivity contribution in [2.45, 2.75) is 25.3 Å². The second kappa shape index (κ2) is 3.20. The molecular weight excluding hydrogens is 166 g/mol. The zero-order chi connectivity index (χ0) is 9.26. The molecule has 2 rings (SSSR count). The van der Waals surface area contributed by atoms with E-state index in [2.05, 4.69) is 14.9 Å². The average molecular weight is 179 g/mol. The molecule has 0 bridgehead atoms. The molecule has 0 aromatic carbocycles. The van der Waals surface area contributed by atoms with E-state index in [0.29, 0.717) is 0 Å². The Morgan fingerprint density at radius 2 is 2.62 bits per heavy atom. The molecule has 1 aromatic heterocycles. The summed E-state index contributed by atoms with van der Waals surface area (Å²) in [6.45, 7) is 0.989. The third-order valence-electron chi connectivity index (χ3n) is 2.51. The van der Waals surface area contributed by atoms with Gasteiger partial charge in [0.05, 0.1) is 5.92 Å². The van der Waals surface area contributed by atoms with Gasteiger partial charge in [0.1, 0.15) is 5.82 Å². The van der Waals surface area contributed by atoms with Crippen LogP contribution in [0.3, 0.4) is 0 Å². The highest BCUT2D eigenvalue weighted by Gasteiger charge is 2.26. The van der Waals surface area contributed by atoms with E-state index < -0.39 is 0 Å². The van der Waals surface area contributed by atoms with Gasteiger partial charge in [-0.15, -0.1) is 0 Å². The molecule has 4 heteroatoms. The molecule has 0 spiro atoms. The molecular formula is C9H13N3O. The number of rotatable bonds is 1. The Morgan fingerprint density at radius 3 is 3.38 bits per heavy atom. The summed E-state index contributed by atoms with van der Waals surface area (Å²) >= 11 is 0. The van der Waals surface area contributed by atoms with Crippen molar-refractivity contribution in [2.24, 2.45) is 0 Å². The number of aromatic nitrogens is 2. The number of imidazole rings is 1. The van der Waals surface area contributed by atoms with Crippen molar-refractivity contribution in [3.05, 3.63) is 18.2 Å². The second-order valence-corrected chi connectivity index (χ2v) is 3.29. The monoisotopic (exact) mass is 179 g/mol. The SMILES string of the molecule is CNC(=O)C1CCCn2ccnc21. The standard InChI is InChI=1S/C9H13N3O/c1-10-9(13)7-3-2-5-12-6-4-11-8(7)12/h4,6-7H,2-3,5H2,1H3,(H,10,13). The molecule has 0 fully saturated rings. The van der Waals surface area contributed by atoms with Crippen molar-refractivity contribution in [3.63, 3.8) is 0 Å². The maximum Gasteiger partial charge on any atom is 0.230 e. The number of hydrogen-bond donors (Lipinski definition) is 1. The topological polar surface area (TPSA) is 46.9 Å². The molecule has 1 aliphatic rings. The first-order valence-corrected chi connectivity index (χ1v) is 4.55. The maximum atomic E-state index is 11.5. The van der Waals surface area contributed by atoms with Crippen LogP contribution in [-0.2, 0) is 11.3 Å². The fourth-order valence-corrected chi connectivity index (χ4v) is 1.84. The van der Waals surface area contributed by atoms with Crippen LogP contribution < -0.4 is 5.32 Å². The number of hydrogen-bond acceptors (Lipinski definition) is 2. The summed E-state index contributed by atoms with van der Waals surface area (Å²) in [6, 6.07) is 0. The third kappa shape index (κ3) is 1.32. The highest BCUT2D eigenvalue weighted by Crippen LogP contribution is 2.25. The summed E-state index contributed by atoms with van der Waals surface area (Å²) < 4.78 is 2.06. The van der Waals surface area contributed by atoms with E-state index in [1.54, 1.807) is 13.2 Å². The van der Waals surface area contributed by atoms with Crippen LogP contribution in [0.25, 0.3) is 0 Å². The molecule has 1 atom stereocenters. The molecule has 4 nitrogen and oxygen atoms in total. The predicted octanol–water partition coefficient (Wildman–Crippen LogP) is 0.506. The van der Waals surface area contributed by atoms with Gasteiger partial charge in [-0.25, -0.2) is 4.98 Å². The molecule has 0 aliphatic carbocycles. The molecule has 0 saturated heterocycles. The fraction of sp³-hybridized carbons (Fsp3) is 0.556. The van der Waals surface area contributed by atoms with E-state index in [4.69, 9.17) is 0 Å². The van der Waals surface area contributed by atoms with Crippen molar-refractivity contribution < 1.29 is 4.79 Å². The Bertz CT molecular complexity index is 318. The van der Waals surface area contributed by atoms with Crippen molar-refractivity contribution in [2.75, 3.05) is 7.05 Å². The Kier molecular flexibility index (Phi) is 2.04. The number of aryl methyl sites for hydroxylation is 1. The van der Waals surface area contributed by atoms with Crippen molar-refractivity contribution in [1.82, 2.24) is 14.9 Å². The first kappa shape index (κ1) is 8.29. The lowest BCUT2D eigenvalue weighted by Crippen LogP contribution is -2.30. The van der Waals surface area contributed by atoms with E-state index in [9.17, 15) is 4.79 Å². The predicted molar refractivity (Wildman–Crippen MR) is 48.3 cm³/mol. The van der Waals surface area contributed by atoms with Crippen molar-refractivity contribution >= 4 is 5.91 Å². The molecule has 1 aromatic rings. The van der Waals surface area contributed by atoms with Crippen LogP contribution in [0.15, 0.2) is 12.4 Å². The maximum absolute atomic E-state index is 11.5. The zero-order valence-corrected chi connectivity index (χ0v) is 7.66. The number of nitrogens with zero attached hydrogens (tertiary/aromatic N) is 2. The number of amides is 1. The van der Waals surface area contributed by atoms with E-state index in [-0.39, 0.29) is 11.8 Å². The summed E-state index contributed by atoms with van der Waals surface area (Å²) in [5, 5.41) is 2.67. The Morgan fingerprint density at radius 1 is 1.77 bits per heavy atom. The lowest BCUT2D eigenvalue weighted by atomic mass is 9.98. The van der Waals surface area contributed by atoms with Crippen LogP contribution in [0, 0.1) is 0 Å². The molecule has 1 unspecified atom stereocenters. The molecule has 2 heterocycles. The van der Waals surface area contributed by atoms with Gasteiger partial charge in [-0.1, -0.05) is 0 Å². The van der Waals surface area contributed by atoms with Gasteiger partial charge in [0, 0.05) is 26.0 Å². The molecule has 0 radical (unpaired) electrons. The van der Waals surface area contributed by atoms with Gasteiger partial charge in [-0.3, -0.25) is 4.79 Å². The first-order chi connectivity index (χ1) is 6.33. The third-order valence-corrected chi connectivity index (χ3v) is 2.51. The smallest absolute Gasteiger partial charge is 0.230 e. The minimum Gasteiger partial charge on any atom is -0.359 e. The minimum atomic E-state index is -0.0475. The van der Waals surface area contributed by atoms with Crippen molar-refractivity contribution in [1.29, 1.82) is 0 Å². The summed E-state index contributed by atoms with van der Waals surface area (Å²) in [4.78, 5) is 15.7. The van der Waals surface area contributed by atoms with Crippen molar-refractivity contribution in [3.8, 4) is 0 Å². The second-order valence-electron chi connectivity index (χ2n) is 3.29. The van der Waals surface area contributed by atoms with Crippen LogP contribution in [-0.4, -0.2) is 22.5 Å². The number of carbonyl (C=O) groups is 1. The normalized spacial score (nSPS) is 20.8. The number of fused-ring (bicyclic) bond motifs is 1. The van der Waals surface area contributed by atoms with Gasteiger partial charge in [-0.2, -0.15) is 0 Å². The van der Waals surface area contributed by atoms with Crippen LogP contribution in [0.2, 0.25) is 0 Å². The first-order valence-electron chi connectivity index (χ1n) is 4.55. The lowest BCUT2D eigenvalue weighted by molar-refractivity contribution is -0.122. The summed E-state index contributed by atoms with van der Waals surface area (Å²) in [6.07, 6.45) is 5.67. The van der Waals surface area contributed by atoms with E-state index in [0.717, 1.165) is 25.2 Å². The zero-order valence-electron chi connectivity index (χ0n) is 7.66. The molecule has 70 valence electrons. The number of likely N-dealkylation sites (N-methyl/N-ethyl adjacent to an activating group) is 1. The van der Waals surface area contributed by atoms with Crippen LogP contribution in [0.5, 0.6) is 0 Å². The molecule has 1 amide bonds. The molecule has 1 N–H and O–H groups in total. The van der Waals surface area contributed by atoms with Gasteiger partial charge < -0.3 is 9.88 Å². The lowest BCUT2D eigenvalue weighted by Gasteiger charge is -2.21. The minimum absolute atomic E-state index is 0.0475. The van der Waals surface area contributed by atoms with Gasteiger partial charge in [-0.05, 0) is 12.8 Å². The molecule has 1 aliphatic heterocycles. The quantitative estimate of drug-likeness (QED) is 0.682. The Labute approximate surface area is 77.0 Å². The largest absolute Gasteiger partial charge is 0.359 e. The van der Waals surface area contributed by atoms with E-state index in [1.807, 2.05) is 6.20 Å². The summed E-state index contributed by atoms with van der Waals surface area (Å²) in [5.74, 6) is 0.937. The van der Waals surface area contributed by atoms with Gasteiger partial charge in [0.25, 0.3) is 0 Å². The highest BCUT2D eigenvalue weighted by atomic mass is 16.1. The van der Waals surface area contributed by atoms with E-state index in [1.165, 1.54) is 0 Å². The fourth-order valence-electron chi connectivity index (χ4n) is 1.84. The molecule has 0 saturated carbocycles. The molecule has 13 heavy (non-hydrogen) atoms. The van der Waals surface area contributed by atoms with Crippen LogP contribution >= 0.6 is 0 Å². The Hall–Kier alpha value is -1.32. The summed E-state index contributed by atoms with van der Waals surface area (Å²) in [7, 11) is 1.67. The van der Waals surface area contributed by atoms with Gasteiger partial charge in [0.15, 0.2) is 0 Å². The number of nitrogens with one attached hydrogen (secondary N) is 1. The Balaban J connectivity index is 2.30. The number of carbonyl (C=O) groups excluding carboxylic acids is 1. The van der Waals surface area contributed by atoms with Gasteiger partial charge in [0.2, 0.25) is 5.91 Å². The highest BCUT2D eigenvalue weighted by molar-refractivity contribution is 5.82.